The van der Waals surface area contributed by atoms with E-state index in [1.807, 2.05) is 0 Å². The van der Waals surface area contributed by atoms with E-state index in [4.69, 9.17) is 10.9 Å². The van der Waals surface area contributed by atoms with Gasteiger partial charge in [-0.2, -0.15) is 0 Å². The van der Waals surface area contributed by atoms with Crippen molar-refractivity contribution in [3.63, 3.8) is 0 Å². The Morgan fingerprint density at radius 1 is 1.27 bits per heavy atom. The maximum atomic E-state index is 11.2. The summed E-state index contributed by atoms with van der Waals surface area (Å²) < 4.78 is 22.8. The average molecular weight is 293 g/mol. The minimum atomic E-state index is -3.73. The van der Waals surface area contributed by atoms with Crippen LogP contribution in [0.15, 0.2) is 21.5 Å². The molecule has 1 heterocycles. The summed E-state index contributed by atoms with van der Waals surface area (Å²) in [7, 11) is -3.73. The number of anilines is 2. The number of nitrogens with two attached hydrogens (primary N) is 2. The molecule has 1 aliphatic heterocycles. The zero-order valence-corrected chi connectivity index (χ0v) is 9.89. The third kappa shape index (κ3) is 1.93. The Kier molecular flexibility index (Phi) is 2.38. The van der Waals surface area contributed by atoms with Crippen LogP contribution in [0.1, 0.15) is 0 Å². The molecule has 1 aromatic carbocycles. The van der Waals surface area contributed by atoms with Gasteiger partial charge < -0.3 is 10.6 Å². The van der Waals surface area contributed by atoms with Crippen LogP contribution in [0.3, 0.4) is 0 Å². The van der Waals surface area contributed by atoms with Crippen molar-refractivity contribution in [1.82, 2.24) is 0 Å². The van der Waals surface area contributed by atoms with Crippen LogP contribution in [-0.4, -0.2) is 14.7 Å². The molecule has 0 saturated heterocycles. The molecule has 15 heavy (non-hydrogen) atoms. The van der Waals surface area contributed by atoms with Crippen LogP contribution < -0.4 is 21.5 Å². The number of rotatable bonds is 1. The van der Waals surface area contributed by atoms with E-state index in [2.05, 4.69) is 26.6 Å². The van der Waals surface area contributed by atoms with Crippen LogP contribution in [0.5, 0.6) is 0 Å². The van der Waals surface area contributed by atoms with E-state index >= 15 is 0 Å². The zero-order chi connectivity index (χ0) is 11.2. The molecule has 1 unspecified atom stereocenters. The average Bonchev–Trinajstić information content (AvgIpc) is 2.40. The van der Waals surface area contributed by atoms with Crippen LogP contribution in [-0.2, 0) is 10.0 Å². The van der Waals surface area contributed by atoms with E-state index in [9.17, 15) is 8.42 Å². The van der Waals surface area contributed by atoms with Gasteiger partial charge in [-0.25, -0.2) is 13.6 Å². The lowest BCUT2D eigenvalue weighted by Gasteiger charge is -2.05. The number of nitrogens with one attached hydrogen (secondary N) is 2. The van der Waals surface area contributed by atoms with E-state index in [1.165, 1.54) is 6.07 Å². The molecule has 0 aromatic heterocycles. The summed E-state index contributed by atoms with van der Waals surface area (Å²) >= 11 is 3.14. The number of benzene rings is 1. The fraction of sp³-hybridized carbons (Fsp3) is 0.143. The van der Waals surface area contributed by atoms with Crippen molar-refractivity contribution < 1.29 is 8.42 Å². The molecule has 1 aliphatic rings. The normalized spacial score (nSPS) is 19.3. The highest BCUT2D eigenvalue weighted by Gasteiger charge is 2.21. The third-order valence-electron chi connectivity index (χ3n) is 2.00. The van der Waals surface area contributed by atoms with Gasteiger partial charge in [-0.1, -0.05) is 0 Å². The summed E-state index contributed by atoms with van der Waals surface area (Å²) in [4.78, 5) is 0.0321. The molecule has 0 fully saturated rings. The van der Waals surface area contributed by atoms with Crippen molar-refractivity contribution >= 4 is 37.3 Å². The lowest BCUT2D eigenvalue weighted by Crippen LogP contribution is -2.31. The molecule has 0 aliphatic carbocycles. The van der Waals surface area contributed by atoms with Gasteiger partial charge in [0, 0.05) is 4.47 Å². The molecule has 0 amide bonds. The maximum Gasteiger partial charge on any atom is 0.239 e. The van der Waals surface area contributed by atoms with Gasteiger partial charge in [0.05, 0.1) is 16.3 Å². The van der Waals surface area contributed by atoms with Crippen LogP contribution >= 0.6 is 15.9 Å². The molecular weight excluding hydrogens is 284 g/mol. The van der Waals surface area contributed by atoms with Crippen molar-refractivity contribution in [1.29, 1.82) is 0 Å². The van der Waals surface area contributed by atoms with E-state index in [-0.39, 0.29) is 4.90 Å². The van der Waals surface area contributed by atoms with Gasteiger partial charge >= 0.3 is 0 Å². The topological polar surface area (TPSA) is 110 Å². The maximum absolute atomic E-state index is 11.2. The quantitative estimate of drug-likeness (QED) is 0.590. The number of primary sulfonamides is 1. The number of hydrogen-bond acceptors (Lipinski definition) is 5. The van der Waals surface area contributed by atoms with E-state index in [0.29, 0.717) is 10.2 Å². The Balaban J connectivity index is 2.59. The fourth-order valence-electron chi connectivity index (χ4n) is 1.38. The van der Waals surface area contributed by atoms with Gasteiger partial charge in [-0.3, -0.25) is 5.73 Å². The van der Waals surface area contributed by atoms with Gasteiger partial charge in [-0.15, -0.1) is 0 Å². The smallest absolute Gasteiger partial charge is 0.239 e. The third-order valence-corrected chi connectivity index (χ3v) is 3.87. The Morgan fingerprint density at radius 2 is 1.80 bits per heavy atom. The largest absolute Gasteiger partial charge is 0.352 e. The molecular formula is C7H9BrN4O2S. The van der Waals surface area contributed by atoms with Crippen molar-refractivity contribution in [2.24, 2.45) is 10.9 Å². The molecule has 6 nitrogen and oxygen atoms in total. The summed E-state index contributed by atoms with van der Waals surface area (Å²) in [5.74, 6) is 0. The Morgan fingerprint density at radius 3 is 2.33 bits per heavy atom. The second-order valence-electron chi connectivity index (χ2n) is 3.14. The van der Waals surface area contributed by atoms with Crippen LogP contribution in [0.25, 0.3) is 0 Å². The molecule has 0 spiro atoms. The molecule has 1 atom stereocenters. The number of halogens is 1. The predicted octanol–water partition coefficient (Wildman–Crippen LogP) is 0.176. The van der Waals surface area contributed by atoms with Crippen molar-refractivity contribution in [2.75, 3.05) is 10.6 Å². The second kappa shape index (κ2) is 3.34. The highest BCUT2D eigenvalue weighted by atomic mass is 79.9. The van der Waals surface area contributed by atoms with Gasteiger partial charge in [0.2, 0.25) is 10.0 Å². The van der Waals surface area contributed by atoms with Crippen LogP contribution in [0.2, 0.25) is 0 Å². The second-order valence-corrected chi connectivity index (χ2v) is 5.52. The van der Waals surface area contributed by atoms with Gasteiger partial charge in [0.15, 0.2) is 6.29 Å². The Hall–Kier alpha value is -0.830. The minimum absolute atomic E-state index is 0.0321. The zero-order valence-electron chi connectivity index (χ0n) is 7.49. The first kappa shape index (κ1) is 10.7. The summed E-state index contributed by atoms with van der Waals surface area (Å²) in [6, 6.07) is 3.06. The van der Waals surface area contributed by atoms with E-state index < -0.39 is 16.3 Å². The highest BCUT2D eigenvalue weighted by Crippen LogP contribution is 2.34. The van der Waals surface area contributed by atoms with Crippen molar-refractivity contribution in [2.45, 2.75) is 11.2 Å². The van der Waals surface area contributed by atoms with Crippen LogP contribution in [0, 0.1) is 0 Å². The number of sulfonamides is 1. The molecule has 8 heteroatoms. The molecule has 0 bridgehead atoms. The summed E-state index contributed by atoms with van der Waals surface area (Å²) in [6.45, 7) is 0. The van der Waals surface area contributed by atoms with E-state index in [0.717, 1.165) is 5.69 Å². The van der Waals surface area contributed by atoms with Gasteiger partial charge in [0.25, 0.3) is 0 Å². The Labute approximate surface area is 95.2 Å². The fourth-order valence-corrected chi connectivity index (χ4v) is 3.01. The standard InChI is InChI=1S/C7H9BrN4O2S/c8-3-1-4-5(12-7(9)11-4)2-6(3)15(10,13)14/h1-2,7,11-12H,9H2,(H2,10,13,14). The Bertz CT molecular complexity index is 516. The van der Waals surface area contributed by atoms with Gasteiger partial charge in [0.1, 0.15) is 0 Å². The van der Waals surface area contributed by atoms with Crippen molar-refractivity contribution in [3.05, 3.63) is 16.6 Å². The van der Waals surface area contributed by atoms with Crippen LogP contribution in [0.4, 0.5) is 11.4 Å². The predicted molar refractivity (Wildman–Crippen MR) is 60.7 cm³/mol. The lowest BCUT2D eigenvalue weighted by molar-refractivity contribution is 0.597. The summed E-state index contributed by atoms with van der Waals surface area (Å²) in [5, 5.41) is 10.8. The van der Waals surface area contributed by atoms with Crippen molar-refractivity contribution in [3.8, 4) is 0 Å². The monoisotopic (exact) mass is 292 g/mol. The molecule has 82 valence electrons. The SMILES string of the molecule is NC1Nc2cc(Br)c(S(N)(=O)=O)cc2N1. The molecule has 1 aromatic rings. The summed E-state index contributed by atoms with van der Waals surface area (Å²) in [6.07, 6.45) is -0.414. The first-order valence-electron chi connectivity index (χ1n) is 4.03. The minimum Gasteiger partial charge on any atom is -0.352 e. The number of hydrogen-bond donors (Lipinski definition) is 4. The molecule has 0 radical (unpaired) electrons. The molecule has 0 saturated carbocycles. The molecule has 2 rings (SSSR count). The van der Waals surface area contributed by atoms with Gasteiger partial charge in [-0.05, 0) is 28.1 Å². The lowest BCUT2D eigenvalue weighted by atomic mass is 10.3. The molecule has 6 N–H and O–H groups in total. The van der Waals surface area contributed by atoms with E-state index in [1.54, 1.807) is 6.07 Å². The number of fused-ring (bicyclic) bond motifs is 1. The summed E-state index contributed by atoms with van der Waals surface area (Å²) in [5.41, 5.74) is 6.93. The first-order chi connectivity index (χ1) is 6.88. The first-order valence-corrected chi connectivity index (χ1v) is 6.37. The highest BCUT2D eigenvalue weighted by molar-refractivity contribution is 9.10.